The topological polar surface area (TPSA) is 58.5 Å². The highest BCUT2D eigenvalue weighted by molar-refractivity contribution is 14.0. The van der Waals surface area contributed by atoms with Crippen molar-refractivity contribution < 1.29 is 9.13 Å². The Morgan fingerprint density at radius 2 is 1.71 bits per heavy atom. The first-order valence-corrected chi connectivity index (χ1v) is 8.60. The summed E-state index contributed by atoms with van der Waals surface area (Å²) in [7, 11) is 1.73. The van der Waals surface area contributed by atoms with Crippen LogP contribution in [0.5, 0.6) is 11.6 Å². The molecular weight excluding hydrogens is 470 g/mol. The van der Waals surface area contributed by atoms with Gasteiger partial charge in [-0.25, -0.2) is 9.37 Å². The predicted molar refractivity (Wildman–Crippen MR) is 120 cm³/mol. The van der Waals surface area contributed by atoms with Crippen molar-refractivity contribution in [1.82, 2.24) is 15.6 Å². The molecule has 7 heteroatoms. The van der Waals surface area contributed by atoms with Crippen molar-refractivity contribution in [3.63, 3.8) is 0 Å². The van der Waals surface area contributed by atoms with Crippen molar-refractivity contribution in [2.24, 2.45) is 4.99 Å². The molecule has 146 valence electrons. The smallest absolute Gasteiger partial charge is 0.219 e. The fourth-order valence-electron chi connectivity index (χ4n) is 2.42. The molecule has 2 N–H and O–H groups in total. The average Bonchev–Trinajstić information content (AvgIpc) is 2.70. The molecule has 3 aromatic rings. The van der Waals surface area contributed by atoms with Crippen LogP contribution >= 0.6 is 24.0 Å². The number of pyridine rings is 1. The van der Waals surface area contributed by atoms with Crippen LogP contribution in [-0.2, 0) is 13.1 Å². The molecule has 28 heavy (non-hydrogen) atoms. The highest BCUT2D eigenvalue weighted by Crippen LogP contribution is 2.19. The van der Waals surface area contributed by atoms with E-state index in [0.717, 1.165) is 5.56 Å². The lowest BCUT2D eigenvalue weighted by Crippen LogP contribution is -2.36. The van der Waals surface area contributed by atoms with Gasteiger partial charge in [0.1, 0.15) is 11.6 Å². The van der Waals surface area contributed by atoms with Crippen LogP contribution in [0.25, 0.3) is 0 Å². The lowest BCUT2D eigenvalue weighted by Gasteiger charge is -2.12. The van der Waals surface area contributed by atoms with E-state index in [1.807, 2.05) is 24.3 Å². The van der Waals surface area contributed by atoms with Gasteiger partial charge in [0.25, 0.3) is 0 Å². The van der Waals surface area contributed by atoms with Crippen molar-refractivity contribution >= 4 is 29.9 Å². The third kappa shape index (κ3) is 6.80. The van der Waals surface area contributed by atoms with Crippen molar-refractivity contribution in [2.75, 3.05) is 7.05 Å². The van der Waals surface area contributed by atoms with Crippen LogP contribution in [0.3, 0.4) is 0 Å². The first kappa shape index (κ1) is 21.6. The van der Waals surface area contributed by atoms with Crippen molar-refractivity contribution in [3.8, 4) is 11.6 Å². The lowest BCUT2D eigenvalue weighted by molar-refractivity contribution is 0.457. The summed E-state index contributed by atoms with van der Waals surface area (Å²) in [5, 5.41) is 6.50. The summed E-state index contributed by atoms with van der Waals surface area (Å²) < 4.78 is 18.7. The molecular formula is C21H22FIN4O. The van der Waals surface area contributed by atoms with Crippen molar-refractivity contribution in [1.29, 1.82) is 0 Å². The standard InChI is InChI=1S/C21H21FN4O.HI/c1-23-21(25-13-16-6-3-2-4-7-16)26-15-17-10-11-20(24-14-17)27-19-9-5-8-18(22)12-19;/h2-12,14H,13,15H2,1H3,(H2,23,25,26);1H. The van der Waals surface area contributed by atoms with Gasteiger partial charge in [0, 0.05) is 38.5 Å². The molecule has 0 amide bonds. The molecule has 2 aromatic carbocycles. The number of ether oxygens (including phenoxy) is 1. The number of hydrogen-bond acceptors (Lipinski definition) is 3. The Kier molecular flexibility index (Phi) is 8.67. The maximum Gasteiger partial charge on any atom is 0.219 e. The molecule has 0 radical (unpaired) electrons. The summed E-state index contributed by atoms with van der Waals surface area (Å²) >= 11 is 0. The van der Waals surface area contributed by atoms with Gasteiger partial charge in [-0.1, -0.05) is 42.5 Å². The first-order valence-electron chi connectivity index (χ1n) is 8.60. The fraction of sp³-hybridized carbons (Fsp3) is 0.143. The molecule has 0 bridgehead atoms. The Morgan fingerprint density at radius 1 is 0.964 bits per heavy atom. The van der Waals surface area contributed by atoms with Crippen LogP contribution in [0.4, 0.5) is 4.39 Å². The van der Waals surface area contributed by atoms with Gasteiger partial charge >= 0.3 is 0 Å². The van der Waals surface area contributed by atoms with E-state index >= 15 is 0 Å². The fourth-order valence-corrected chi connectivity index (χ4v) is 2.42. The van der Waals surface area contributed by atoms with Gasteiger partial charge < -0.3 is 15.4 Å². The molecule has 1 aromatic heterocycles. The molecule has 3 rings (SSSR count). The Hall–Kier alpha value is -2.68. The highest BCUT2D eigenvalue weighted by Gasteiger charge is 2.02. The van der Waals surface area contributed by atoms with E-state index in [0.29, 0.717) is 30.7 Å². The quantitative estimate of drug-likeness (QED) is 0.303. The van der Waals surface area contributed by atoms with E-state index in [-0.39, 0.29) is 29.8 Å². The number of aromatic nitrogens is 1. The molecule has 1 heterocycles. The largest absolute Gasteiger partial charge is 0.439 e. The second-order valence-electron chi connectivity index (χ2n) is 5.83. The van der Waals surface area contributed by atoms with Crippen LogP contribution in [0.15, 0.2) is 77.9 Å². The van der Waals surface area contributed by atoms with Crippen molar-refractivity contribution in [3.05, 3.63) is 89.9 Å². The summed E-state index contributed by atoms with van der Waals surface area (Å²) in [6.45, 7) is 1.26. The number of rotatable bonds is 6. The van der Waals surface area contributed by atoms with Gasteiger partial charge in [0.15, 0.2) is 5.96 Å². The third-order valence-electron chi connectivity index (χ3n) is 3.80. The summed E-state index contributed by atoms with van der Waals surface area (Å²) in [6.07, 6.45) is 1.71. The zero-order chi connectivity index (χ0) is 18.9. The summed E-state index contributed by atoms with van der Waals surface area (Å²) in [6, 6.07) is 19.7. The van der Waals surface area contributed by atoms with Gasteiger partial charge in [-0.2, -0.15) is 0 Å². The van der Waals surface area contributed by atoms with Gasteiger partial charge in [-0.15, -0.1) is 24.0 Å². The first-order chi connectivity index (χ1) is 13.2. The number of benzene rings is 2. The molecule has 0 saturated carbocycles. The second kappa shape index (κ2) is 11.2. The van der Waals surface area contributed by atoms with E-state index in [4.69, 9.17) is 4.74 Å². The van der Waals surface area contributed by atoms with Gasteiger partial charge in [-0.05, 0) is 23.3 Å². The van der Waals surface area contributed by atoms with E-state index < -0.39 is 0 Å². The monoisotopic (exact) mass is 492 g/mol. The molecule has 0 aliphatic heterocycles. The zero-order valence-corrected chi connectivity index (χ0v) is 17.8. The van der Waals surface area contributed by atoms with Crippen LogP contribution in [0.2, 0.25) is 0 Å². The molecule has 0 saturated heterocycles. The molecule has 0 atom stereocenters. The third-order valence-corrected chi connectivity index (χ3v) is 3.80. The lowest BCUT2D eigenvalue weighted by atomic mass is 10.2. The minimum Gasteiger partial charge on any atom is -0.439 e. The normalized spacial score (nSPS) is 10.7. The minimum absolute atomic E-state index is 0. The molecule has 0 aliphatic carbocycles. The van der Waals surface area contributed by atoms with E-state index in [9.17, 15) is 4.39 Å². The van der Waals surface area contributed by atoms with Crippen LogP contribution in [-0.4, -0.2) is 18.0 Å². The number of nitrogens with one attached hydrogen (secondary N) is 2. The summed E-state index contributed by atoms with van der Waals surface area (Å²) in [4.78, 5) is 8.47. The zero-order valence-electron chi connectivity index (χ0n) is 15.4. The number of halogens is 2. The van der Waals surface area contributed by atoms with Gasteiger partial charge in [0.05, 0.1) is 0 Å². The molecule has 0 unspecified atom stereocenters. The Balaban J connectivity index is 0.00000280. The maximum atomic E-state index is 13.2. The maximum absolute atomic E-state index is 13.2. The number of hydrogen-bond donors (Lipinski definition) is 2. The number of nitrogens with zero attached hydrogens (tertiary/aromatic N) is 2. The summed E-state index contributed by atoms with van der Waals surface area (Å²) in [5.41, 5.74) is 2.16. The van der Waals surface area contributed by atoms with E-state index in [1.54, 1.807) is 31.4 Å². The van der Waals surface area contributed by atoms with Crippen molar-refractivity contribution in [2.45, 2.75) is 13.1 Å². The Labute approximate surface area is 181 Å². The highest BCUT2D eigenvalue weighted by atomic mass is 127. The van der Waals surface area contributed by atoms with Crippen LogP contribution < -0.4 is 15.4 Å². The molecule has 5 nitrogen and oxygen atoms in total. The van der Waals surface area contributed by atoms with Crippen LogP contribution in [0.1, 0.15) is 11.1 Å². The molecule has 0 fully saturated rings. The number of guanidine groups is 1. The Morgan fingerprint density at radius 3 is 2.36 bits per heavy atom. The second-order valence-corrected chi connectivity index (χ2v) is 5.83. The minimum atomic E-state index is -0.345. The average molecular weight is 492 g/mol. The number of aliphatic imine (C=N–C) groups is 1. The van der Waals surface area contributed by atoms with E-state index in [2.05, 4.69) is 32.7 Å². The molecule has 0 aliphatic rings. The molecule has 0 spiro atoms. The Bertz CT molecular complexity index is 888. The summed E-state index contributed by atoms with van der Waals surface area (Å²) in [5.74, 6) is 1.19. The van der Waals surface area contributed by atoms with Gasteiger partial charge in [-0.3, -0.25) is 4.99 Å². The van der Waals surface area contributed by atoms with Gasteiger partial charge in [0.2, 0.25) is 5.88 Å². The van der Waals surface area contributed by atoms with Crippen LogP contribution in [0, 0.1) is 5.82 Å². The predicted octanol–water partition coefficient (Wildman–Crippen LogP) is 4.50. The van der Waals surface area contributed by atoms with E-state index in [1.165, 1.54) is 17.7 Å². The SMILES string of the molecule is CN=C(NCc1ccccc1)NCc1ccc(Oc2cccc(F)c2)nc1.I.